The van der Waals surface area contributed by atoms with E-state index >= 15 is 0 Å². The van der Waals surface area contributed by atoms with Crippen LogP contribution in [0.15, 0.2) is 0 Å². The van der Waals surface area contributed by atoms with E-state index in [0.29, 0.717) is 17.1 Å². The summed E-state index contributed by atoms with van der Waals surface area (Å²) in [6.45, 7) is 8.24. The fourth-order valence-electron chi connectivity index (χ4n) is 1.96. The van der Waals surface area contributed by atoms with Crippen molar-refractivity contribution in [3.05, 3.63) is 10.6 Å². The van der Waals surface area contributed by atoms with E-state index in [2.05, 4.69) is 31.1 Å². The first-order chi connectivity index (χ1) is 7.99. The van der Waals surface area contributed by atoms with Crippen LogP contribution >= 0.6 is 11.3 Å². The van der Waals surface area contributed by atoms with Crippen molar-refractivity contribution in [2.45, 2.75) is 46.6 Å². The van der Waals surface area contributed by atoms with Crippen LogP contribution in [-0.4, -0.2) is 22.1 Å². The van der Waals surface area contributed by atoms with Gasteiger partial charge in [0.25, 0.3) is 0 Å². The summed E-state index contributed by atoms with van der Waals surface area (Å²) in [4.78, 5) is 15.7. The molecule has 4 nitrogen and oxygen atoms in total. The van der Waals surface area contributed by atoms with Crippen LogP contribution in [0.5, 0.6) is 0 Å². The third-order valence-electron chi connectivity index (χ3n) is 3.11. The molecule has 0 aliphatic rings. The van der Waals surface area contributed by atoms with Crippen molar-refractivity contribution in [2.75, 3.05) is 5.32 Å². The van der Waals surface area contributed by atoms with Crippen molar-refractivity contribution in [1.82, 2.24) is 4.98 Å². The summed E-state index contributed by atoms with van der Waals surface area (Å²) in [6, 6.07) is 0.317. The van der Waals surface area contributed by atoms with Crippen LogP contribution in [-0.2, 0) is 0 Å². The molecule has 1 rings (SSSR count). The Morgan fingerprint density at radius 1 is 1.47 bits per heavy atom. The summed E-state index contributed by atoms with van der Waals surface area (Å²) in [5, 5.41) is 12.9. The van der Waals surface area contributed by atoms with E-state index in [4.69, 9.17) is 5.11 Å². The largest absolute Gasteiger partial charge is 0.476 e. The van der Waals surface area contributed by atoms with Gasteiger partial charge in [-0.05, 0) is 19.8 Å². The van der Waals surface area contributed by atoms with Gasteiger partial charge in [0, 0.05) is 10.9 Å². The summed E-state index contributed by atoms with van der Waals surface area (Å²) in [7, 11) is 0. The summed E-state index contributed by atoms with van der Waals surface area (Å²) in [5.74, 6) is -0.366. The molecule has 1 aromatic rings. The number of carboxylic acid groups (broad SMARTS) is 1. The zero-order valence-electron chi connectivity index (χ0n) is 10.8. The van der Waals surface area contributed by atoms with Crippen molar-refractivity contribution in [1.29, 1.82) is 0 Å². The third kappa shape index (κ3) is 3.43. The van der Waals surface area contributed by atoms with Gasteiger partial charge >= 0.3 is 5.97 Å². The first-order valence-corrected chi connectivity index (χ1v) is 6.78. The van der Waals surface area contributed by atoms with Gasteiger partial charge in [-0.1, -0.05) is 26.7 Å². The molecule has 96 valence electrons. The zero-order chi connectivity index (χ0) is 13.0. The Labute approximate surface area is 106 Å². The van der Waals surface area contributed by atoms with Crippen LogP contribution in [0.2, 0.25) is 0 Å². The van der Waals surface area contributed by atoms with E-state index in [1.165, 1.54) is 11.3 Å². The summed E-state index contributed by atoms with van der Waals surface area (Å²) >= 11 is 1.41. The Hall–Kier alpha value is -1.10. The molecule has 1 atom stereocenters. The lowest BCUT2D eigenvalue weighted by molar-refractivity contribution is 0.0690. The quantitative estimate of drug-likeness (QED) is 0.819. The maximum atomic E-state index is 10.9. The topological polar surface area (TPSA) is 62.2 Å². The second-order valence-electron chi connectivity index (χ2n) is 4.24. The Morgan fingerprint density at radius 2 is 2.06 bits per heavy atom. The smallest absolute Gasteiger partial charge is 0.355 e. The average Bonchev–Trinajstić information content (AvgIpc) is 2.61. The highest BCUT2D eigenvalue weighted by molar-refractivity contribution is 7.15. The van der Waals surface area contributed by atoms with E-state index in [0.717, 1.165) is 17.7 Å². The van der Waals surface area contributed by atoms with Gasteiger partial charge in [-0.15, -0.1) is 11.3 Å². The molecule has 0 radical (unpaired) electrons. The minimum absolute atomic E-state index is 0.161. The standard InChI is InChI=1S/C12H20N2O2S/c1-5-9(6-2)7(3)13-12-14-10(11(15)16)8(4)17-12/h7,9H,5-6H2,1-4H3,(H,13,14)(H,15,16). The van der Waals surface area contributed by atoms with Crippen molar-refractivity contribution in [3.63, 3.8) is 0 Å². The molecule has 1 heterocycles. The molecule has 0 aromatic carbocycles. The lowest BCUT2D eigenvalue weighted by atomic mass is 9.96. The van der Waals surface area contributed by atoms with Crippen LogP contribution in [0.4, 0.5) is 5.13 Å². The maximum Gasteiger partial charge on any atom is 0.355 e. The maximum absolute atomic E-state index is 10.9. The zero-order valence-corrected chi connectivity index (χ0v) is 11.6. The molecule has 0 fully saturated rings. The monoisotopic (exact) mass is 256 g/mol. The fourth-order valence-corrected chi connectivity index (χ4v) is 2.87. The molecule has 0 spiro atoms. The van der Waals surface area contributed by atoms with Crippen molar-refractivity contribution >= 4 is 22.4 Å². The summed E-state index contributed by atoms with van der Waals surface area (Å²) in [5.41, 5.74) is 0.161. The SMILES string of the molecule is CCC(CC)C(C)Nc1nc(C(=O)O)c(C)s1. The van der Waals surface area contributed by atoms with Gasteiger partial charge in [-0.25, -0.2) is 9.78 Å². The highest BCUT2D eigenvalue weighted by Gasteiger charge is 2.18. The molecular weight excluding hydrogens is 236 g/mol. The molecule has 0 aliphatic heterocycles. The van der Waals surface area contributed by atoms with Gasteiger partial charge in [0.05, 0.1) is 0 Å². The Kier molecular flexibility index (Phi) is 4.93. The van der Waals surface area contributed by atoms with Gasteiger partial charge in [-0.3, -0.25) is 0 Å². The van der Waals surface area contributed by atoms with Crippen LogP contribution in [0.3, 0.4) is 0 Å². The van der Waals surface area contributed by atoms with E-state index in [1.54, 1.807) is 6.92 Å². The molecule has 0 amide bonds. The van der Waals surface area contributed by atoms with Gasteiger partial charge in [-0.2, -0.15) is 0 Å². The van der Waals surface area contributed by atoms with Crippen LogP contribution in [0.1, 0.15) is 49.0 Å². The molecular formula is C12H20N2O2S. The van der Waals surface area contributed by atoms with Crippen molar-refractivity contribution < 1.29 is 9.90 Å². The van der Waals surface area contributed by atoms with Gasteiger partial charge < -0.3 is 10.4 Å². The predicted molar refractivity (Wildman–Crippen MR) is 71.0 cm³/mol. The normalized spacial score (nSPS) is 12.8. The van der Waals surface area contributed by atoms with E-state index < -0.39 is 5.97 Å². The molecule has 1 unspecified atom stereocenters. The number of aryl methyl sites for hydroxylation is 1. The second kappa shape index (κ2) is 6.00. The van der Waals surface area contributed by atoms with Gasteiger partial charge in [0.15, 0.2) is 10.8 Å². The lowest BCUT2D eigenvalue weighted by Crippen LogP contribution is -2.24. The van der Waals surface area contributed by atoms with Crippen molar-refractivity contribution in [2.24, 2.45) is 5.92 Å². The number of rotatable bonds is 6. The number of thiazole rings is 1. The number of aromatic carboxylic acids is 1. The van der Waals surface area contributed by atoms with Crippen LogP contribution in [0.25, 0.3) is 0 Å². The van der Waals surface area contributed by atoms with E-state index in [-0.39, 0.29) is 5.69 Å². The Morgan fingerprint density at radius 3 is 2.47 bits per heavy atom. The number of hydrogen-bond donors (Lipinski definition) is 2. The predicted octanol–water partition coefficient (Wildman–Crippen LogP) is 3.39. The third-order valence-corrected chi connectivity index (χ3v) is 4.01. The first kappa shape index (κ1) is 14.0. The Balaban J connectivity index is 2.75. The van der Waals surface area contributed by atoms with Gasteiger partial charge in [0.2, 0.25) is 0 Å². The molecule has 0 saturated heterocycles. The molecule has 0 saturated carbocycles. The molecule has 0 aliphatic carbocycles. The average molecular weight is 256 g/mol. The minimum atomic E-state index is -0.956. The molecule has 0 bridgehead atoms. The number of nitrogens with one attached hydrogen (secondary N) is 1. The number of hydrogen-bond acceptors (Lipinski definition) is 4. The first-order valence-electron chi connectivity index (χ1n) is 5.96. The number of carboxylic acids is 1. The number of anilines is 1. The fraction of sp³-hybridized carbons (Fsp3) is 0.667. The number of aromatic nitrogens is 1. The second-order valence-corrected chi connectivity index (χ2v) is 5.44. The number of nitrogens with zero attached hydrogens (tertiary/aromatic N) is 1. The summed E-state index contributed by atoms with van der Waals surface area (Å²) < 4.78 is 0. The van der Waals surface area contributed by atoms with Crippen LogP contribution < -0.4 is 5.32 Å². The summed E-state index contributed by atoms with van der Waals surface area (Å²) in [6.07, 6.45) is 2.22. The number of carbonyl (C=O) groups is 1. The lowest BCUT2D eigenvalue weighted by Gasteiger charge is -2.21. The Bertz CT molecular complexity index is 386. The minimum Gasteiger partial charge on any atom is -0.476 e. The molecule has 17 heavy (non-hydrogen) atoms. The van der Waals surface area contributed by atoms with E-state index in [9.17, 15) is 4.79 Å². The molecule has 5 heteroatoms. The van der Waals surface area contributed by atoms with Crippen molar-refractivity contribution in [3.8, 4) is 0 Å². The van der Waals surface area contributed by atoms with E-state index in [1.807, 2.05) is 0 Å². The van der Waals surface area contributed by atoms with Gasteiger partial charge in [0.1, 0.15) is 0 Å². The molecule has 2 N–H and O–H groups in total. The molecule has 1 aromatic heterocycles. The highest BCUT2D eigenvalue weighted by atomic mass is 32.1. The highest BCUT2D eigenvalue weighted by Crippen LogP contribution is 2.25. The van der Waals surface area contributed by atoms with Crippen LogP contribution in [0, 0.1) is 12.8 Å².